The van der Waals surface area contributed by atoms with Crippen LogP contribution in [0.2, 0.25) is 0 Å². The lowest BCUT2D eigenvalue weighted by Crippen LogP contribution is -2.49. The first-order valence-electron chi connectivity index (χ1n) is 15.8. The lowest BCUT2D eigenvalue weighted by atomic mass is 9.87. The molecule has 2 aliphatic heterocycles. The van der Waals surface area contributed by atoms with Crippen molar-refractivity contribution in [3.63, 3.8) is 0 Å². The molecule has 0 aromatic heterocycles. The van der Waals surface area contributed by atoms with Gasteiger partial charge in [0.1, 0.15) is 24.4 Å². The van der Waals surface area contributed by atoms with Gasteiger partial charge < -0.3 is 33.9 Å². The summed E-state index contributed by atoms with van der Waals surface area (Å²) in [5.74, 6) is -2.62. The van der Waals surface area contributed by atoms with Gasteiger partial charge in [0, 0.05) is 32.6 Å². The van der Waals surface area contributed by atoms with Crippen molar-refractivity contribution in [2.45, 2.75) is 130 Å². The monoisotopic (exact) mass is 636 g/mol. The van der Waals surface area contributed by atoms with Gasteiger partial charge in [-0.3, -0.25) is 19.2 Å². The predicted octanol–water partition coefficient (Wildman–Crippen LogP) is 4.14. The van der Waals surface area contributed by atoms with Crippen molar-refractivity contribution in [3.8, 4) is 0 Å². The Hall–Kier alpha value is -3.02. The van der Waals surface area contributed by atoms with Crippen molar-refractivity contribution >= 4 is 23.9 Å². The van der Waals surface area contributed by atoms with Gasteiger partial charge in [0.2, 0.25) is 0 Å². The van der Waals surface area contributed by atoms with Crippen molar-refractivity contribution in [1.29, 1.82) is 0 Å². The lowest BCUT2D eigenvalue weighted by molar-refractivity contribution is -0.172. The molecule has 2 heterocycles. The SMILES string of the molecule is CCC(O)C(C)C1OC1CC(C)C=CC=C(C)C1OC(=O)CC(OC(C)=O)CCC(O)(COC(C)=O)C(OC(C)=O)C=CC1C. The van der Waals surface area contributed by atoms with E-state index in [0.717, 1.165) is 12.0 Å². The third-order valence-corrected chi connectivity index (χ3v) is 8.32. The number of carbonyl (C=O) groups is 4. The van der Waals surface area contributed by atoms with Crippen LogP contribution in [0.3, 0.4) is 0 Å². The number of hydrogen-bond acceptors (Lipinski definition) is 11. The van der Waals surface area contributed by atoms with Gasteiger partial charge in [0.15, 0.2) is 6.10 Å². The number of rotatable bonds is 12. The maximum absolute atomic E-state index is 13.1. The number of ether oxygens (including phenoxy) is 5. The minimum atomic E-state index is -1.86. The van der Waals surface area contributed by atoms with Crippen LogP contribution in [0.15, 0.2) is 36.0 Å². The topological polar surface area (TPSA) is 158 Å². The van der Waals surface area contributed by atoms with Crippen molar-refractivity contribution in [3.05, 3.63) is 36.0 Å². The molecule has 10 atom stereocenters. The fourth-order valence-electron chi connectivity index (χ4n) is 5.58. The summed E-state index contributed by atoms with van der Waals surface area (Å²) in [6, 6.07) is 0. The molecule has 1 fully saturated rings. The summed E-state index contributed by atoms with van der Waals surface area (Å²) in [5, 5.41) is 21.7. The molecule has 11 heteroatoms. The highest BCUT2D eigenvalue weighted by Gasteiger charge is 2.45. The van der Waals surface area contributed by atoms with E-state index in [1.165, 1.54) is 26.8 Å². The number of cyclic esters (lactones) is 1. The van der Waals surface area contributed by atoms with Gasteiger partial charge in [0.25, 0.3) is 0 Å². The Morgan fingerprint density at radius 1 is 1.09 bits per heavy atom. The van der Waals surface area contributed by atoms with Crippen LogP contribution in [-0.2, 0) is 42.9 Å². The Morgan fingerprint density at radius 2 is 1.76 bits per heavy atom. The van der Waals surface area contributed by atoms with E-state index in [-0.39, 0.29) is 49.4 Å². The predicted molar refractivity (Wildman–Crippen MR) is 166 cm³/mol. The Kier molecular flexibility index (Phi) is 14.9. The summed E-state index contributed by atoms with van der Waals surface area (Å²) in [4.78, 5) is 48.5. The number of aliphatic hydroxyl groups excluding tert-OH is 1. The first kappa shape index (κ1) is 38.2. The second kappa shape index (κ2) is 17.6. The molecule has 10 unspecified atom stereocenters. The molecule has 1 saturated heterocycles. The smallest absolute Gasteiger partial charge is 0.310 e. The van der Waals surface area contributed by atoms with Crippen molar-refractivity contribution in [2.24, 2.45) is 17.8 Å². The Labute approximate surface area is 267 Å². The quantitative estimate of drug-likeness (QED) is 0.104. The zero-order valence-electron chi connectivity index (χ0n) is 27.9. The highest BCUT2D eigenvalue weighted by molar-refractivity contribution is 5.72. The normalized spacial score (nSPS) is 31.5. The van der Waals surface area contributed by atoms with Crippen LogP contribution in [0.1, 0.15) is 87.5 Å². The molecule has 0 bridgehead atoms. The third-order valence-electron chi connectivity index (χ3n) is 8.32. The molecule has 0 radical (unpaired) electrons. The van der Waals surface area contributed by atoms with E-state index in [2.05, 4.69) is 6.92 Å². The van der Waals surface area contributed by atoms with Crippen LogP contribution >= 0.6 is 0 Å². The molecule has 0 amide bonds. The average Bonchev–Trinajstić information content (AvgIpc) is 3.72. The van der Waals surface area contributed by atoms with Crippen LogP contribution in [0, 0.1) is 17.8 Å². The third kappa shape index (κ3) is 12.7. The summed E-state index contributed by atoms with van der Waals surface area (Å²) in [6.45, 7) is 12.8. The summed E-state index contributed by atoms with van der Waals surface area (Å²) >= 11 is 0. The molecule has 0 saturated carbocycles. The molecule has 2 aliphatic rings. The van der Waals surface area contributed by atoms with E-state index in [1.807, 2.05) is 45.9 Å². The van der Waals surface area contributed by atoms with Gasteiger partial charge in [-0.1, -0.05) is 52.0 Å². The van der Waals surface area contributed by atoms with Crippen molar-refractivity contribution in [1.82, 2.24) is 0 Å². The number of aliphatic hydroxyl groups is 2. The molecule has 0 aliphatic carbocycles. The minimum absolute atomic E-state index is 0.00939. The van der Waals surface area contributed by atoms with Crippen molar-refractivity contribution < 1.29 is 53.1 Å². The molecular formula is C34H52O11. The van der Waals surface area contributed by atoms with Crippen LogP contribution in [0.4, 0.5) is 0 Å². The molecule has 254 valence electrons. The number of hydrogen-bond donors (Lipinski definition) is 2. The Morgan fingerprint density at radius 3 is 2.36 bits per heavy atom. The second-order valence-electron chi connectivity index (χ2n) is 12.5. The van der Waals surface area contributed by atoms with Gasteiger partial charge in [-0.25, -0.2) is 0 Å². The van der Waals surface area contributed by atoms with E-state index in [1.54, 1.807) is 6.08 Å². The highest BCUT2D eigenvalue weighted by atomic mass is 16.6. The molecule has 0 spiro atoms. The number of epoxide rings is 1. The van der Waals surface area contributed by atoms with E-state index in [9.17, 15) is 29.4 Å². The van der Waals surface area contributed by atoms with Gasteiger partial charge in [-0.05, 0) is 50.2 Å². The van der Waals surface area contributed by atoms with Crippen LogP contribution < -0.4 is 0 Å². The molecule has 0 aromatic carbocycles. The first-order valence-corrected chi connectivity index (χ1v) is 15.8. The summed E-state index contributed by atoms with van der Waals surface area (Å²) in [7, 11) is 0. The van der Waals surface area contributed by atoms with Crippen molar-refractivity contribution in [2.75, 3.05) is 6.61 Å². The number of esters is 4. The lowest BCUT2D eigenvalue weighted by Gasteiger charge is -2.35. The van der Waals surface area contributed by atoms with Gasteiger partial charge in [0.05, 0.1) is 24.7 Å². The standard InChI is InChI=1S/C34H52O11/c1-9-28(38)23(5)33-29(44-33)17-20(2)11-10-12-21(3)32-22(4)13-14-30(43-26(8)37)34(40,19-41-24(6)35)16-15-27(42-25(7)36)18-31(39)45-32/h10-14,20,22-23,27-30,32-33,38,40H,9,15-19H2,1-8H3. The molecule has 2 rings (SSSR count). The maximum atomic E-state index is 13.1. The van der Waals surface area contributed by atoms with E-state index in [0.29, 0.717) is 6.42 Å². The van der Waals surface area contributed by atoms with E-state index in [4.69, 9.17) is 23.7 Å². The van der Waals surface area contributed by atoms with Gasteiger partial charge in [-0.15, -0.1) is 0 Å². The second-order valence-corrected chi connectivity index (χ2v) is 12.5. The van der Waals surface area contributed by atoms with Crippen LogP contribution in [-0.4, -0.2) is 82.9 Å². The Balaban J connectivity index is 2.30. The molecule has 11 nitrogen and oxygen atoms in total. The number of allylic oxidation sites excluding steroid dienone is 3. The van der Waals surface area contributed by atoms with Crippen LogP contribution in [0.5, 0.6) is 0 Å². The zero-order chi connectivity index (χ0) is 33.9. The molecular weight excluding hydrogens is 584 g/mol. The van der Waals surface area contributed by atoms with E-state index < -0.39 is 60.3 Å². The number of carbonyl (C=O) groups excluding carboxylic acids is 4. The van der Waals surface area contributed by atoms with Gasteiger partial charge in [-0.2, -0.15) is 0 Å². The maximum Gasteiger partial charge on any atom is 0.310 e. The average molecular weight is 637 g/mol. The summed E-state index contributed by atoms with van der Waals surface area (Å²) in [6.07, 6.45) is 7.09. The first-order chi connectivity index (χ1) is 21.1. The minimum Gasteiger partial charge on any atom is -0.463 e. The largest absolute Gasteiger partial charge is 0.463 e. The fourth-order valence-corrected chi connectivity index (χ4v) is 5.58. The summed E-state index contributed by atoms with van der Waals surface area (Å²) in [5.41, 5.74) is -1.12. The highest BCUT2D eigenvalue weighted by Crippen LogP contribution is 2.36. The molecule has 45 heavy (non-hydrogen) atoms. The zero-order valence-corrected chi connectivity index (χ0v) is 27.9. The fraction of sp³-hybridized carbons (Fsp3) is 0.706. The molecule has 0 aromatic rings. The Bertz CT molecular complexity index is 1110. The molecule has 2 N–H and O–H groups in total. The van der Waals surface area contributed by atoms with Crippen LogP contribution in [0.25, 0.3) is 0 Å². The summed E-state index contributed by atoms with van der Waals surface area (Å²) < 4.78 is 27.6. The van der Waals surface area contributed by atoms with E-state index >= 15 is 0 Å². The van der Waals surface area contributed by atoms with Gasteiger partial charge >= 0.3 is 23.9 Å².